The summed E-state index contributed by atoms with van der Waals surface area (Å²) in [6, 6.07) is 2.94. The van der Waals surface area contributed by atoms with Crippen LogP contribution in [-0.2, 0) is 21.2 Å². The second-order valence-corrected chi connectivity index (χ2v) is 7.46. The molecule has 1 heterocycles. The largest absolute Gasteiger partial charge is 0.481 e. The van der Waals surface area contributed by atoms with E-state index in [0.29, 0.717) is 4.88 Å². The Morgan fingerprint density at radius 2 is 2.11 bits per heavy atom. The summed E-state index contributed by atoms with van der Waals surface area (Å²) in [5, 5.41) is 8.66. The second-order valence-electron chi connectivity index (χ2n) is 4.07. The Labute approximate surface area is 111 Å². The molecule has 1 rings (SSSR count). The molecule has 1 unspecified atom stereocenters. The number of aliphatic carboxylic acids is 1. The van der Waals surface area contributed by atoms with Gasteiger partial charge in [-0.2, -0.15) is 4.31 Å². The highest BCUT2D eigenvalue weighted by Crippen LogP contribution is 2.26. The van der Waals surface area contributed by atoms with E-state index >= 15 is 0 Å². The monoisotopic (exact) mass is 291 g/mol. The maximum absolute atomic E-state index is 12.2. The lowest BCUT2D eigenvalue weighted by Gasteiger charge is -2.22. The third-order valence-electron chi connectivity index (χ3n) is 2.81. The van der Waals surface area contributed by atoms with Crippen LogP contribution in [0.25, 0.3) is 0 Å². The third kappa shape index (κ3) is 3.30. The molecule has 1 atom stereocenters. The molecular weight excluding hydrogens is 274 g/mol. The maximum Gasteiger partial charge on any atom is 0.308 e. The van der Waals surface area contributed by atoms with E-state index in [4.69, 9.17) is 5.11 Å². The molecule has 0 amide bonds. The van der Waals surface area contributed by atoms with E-state index in [2.05, 4.69) is 0 Å². The van der Waals surface area contributed by atoms with Crippen LogP contribution in [0.15, 0.2) is 16.3 Å². The number of nitrogens with zero attached hydrogens (tertiary/aromatic N) is 1. The summed E-state index contributed by atoms with van der Waals surface area (Å²) in [6.07, 6.45) is 0.580. The fourth-order valence-corrected chi connectivity index (χ4v) is 4.34. The Kier molecular flexibility index (Phi) is 4.89. The molecule has 0 aromatic carbocycles. The summed E-state index contributed by atoms with van der Waals surface area (Å²) in [5.41, 5.74) is 0. The molecule has 18 heavy (non-hydrogen) atoms. The Balaban J connectivity index is 2.99. The van der Waals surface area contributed by atoms with E-state index in [1.807, 2.05) is 13.8 Å². The van der Waals surface area contributed by atoms with Crippen LogP contribution in [0.2, 0.25) is 0 Å². The number of rotatable bonds is 6. The Bertz CT molecular complexity index is 521. The third-order valence-corrected chi connectivity index (χ3v) is 6.33. The number of hydrogen-bond donors (Lipinski definition) is 1. The average Bonchev–Trinajstić information content (AvgIpc) is 2.75. The predicted octanol–water partition coefficient (Wildman–Crippen LogP) is 1.79. The van der Waals surface area contributed by atoms with Crippen LogP contribution in [0.3, 0.4) is 0 Å². The first-order valence-electron chi connectivity index (χ1n) is 5.57. The number of carbonyl (C=O) groups is 1. The van der Waals surface area contributed by atoms with Gasteiger partial charge in [0.25, 0.3) is 10.0 Å². The smallest absolute Gasteiger partial charge is 0.308 e. The molecule has 7 heteroatoms. The van der Waals surface area contributed by atoms with E-state index in [-0.39, 0.29) is 16.7 Å². The quantitative estimate of drug-likeness (QED) is 0.867. The standard InChI is InChI=1S/C11H17NO4S2/c1-4-8(2)12(3)18(15,16)11-6-5-9(17-11)7-10(13)14/h5-6,8H,4,7H2,1-3H3,(H,13,14). The average molecular weight is 291 g/mol. The minimum Gasteiger partial charge on any atom is -0.481 e. The highest BCUT2D eigenvalue weighted by atomic mass is 32.2. The summed E-state index contributed by atoms with van der Waals surface area (Å²) in [6.45, 7) is 3.75. The van der Waals surface area contributed by atoms with Crippen LogP contribution >= 0.6 is 11.3 Å². The number of hydrogen-bond acceptors (Lipinski definition) is 4. The minimum atomic E-state index is -3.51. The first kappa shape index (κ1) is 15.1. The molecular formula is C11H17NO4S2. The molecule has 0 aliphatic rings. The van der Waals surface area contributed by atoms with E-state index in [1.165, 1.54) is 10.4 Å². The van der Waals surface area contributed by atoms with Gasteiger partial charge in [-0.25, -0.2) is 8.42 Å². The summed E-state index contributed by atoms with van der Waals surface area (Å²) < 4.78 is 26.0. The van der Waals surface area contributed by atoms with Crippen molar-refractivity contribution >= 4 is 27.3 Å². The number of carboxylic acid groups (broad SMARTS) is 1. The highest BCUT2D eigenvalue weighted by molar-refractivity contribution is 7.91. The van der Waals surface area contributed by atoms with Gasteiger partial charge in [0.15, 0.2) is 0 Å². The van der Waals surface area contributed by atoms with Gasteiger partial charge in [0.2, 0.25) is 0 Å². The molecule has 0 spiro atoms. The van der Waals surface area contributed by atoms with Crippen molar-refractivity contribution in [3.05, 3.63) is 17.0 Å². The molecule has 5 nitrogen and oxygen atoms in total. The number of sulfonamides is 1. The van der Waals surface area contributed by atoms with Crippen molar-refractivity contribution in [3.63, 3.8) is 0 Å². The van der Waals surface area contributed by atoms with Gasteiger partial charge in [-0.05, 0) is 25.5 Å². The zero-order valence-electron chi connectivity index (χ0n) is 10.6. The molecule has 0 aliphatic carbocycles. The lowest BCUT2D eigenvalue weighted by molar-refractivity contribution is -0.136. The van der Waals surface area contributed by atoms with Gasteiger partial charge in [0, 0.05) is 18.0 Å². The molecule has 0 bridgehead atoms. The van der Waals surface area contributed by atoms with Crippen LogP contribution < -0.4 is 0 Å². The lowest BCUT2D eigenvalue weighted by atomic mass is 10.3. The van der Waals surface area contributed by atoms with Gasteiger partial charge in [-0.3, -0.25) is 4.79 Å². The first-order chi connectivity index (χ1) is 8.28. The van der Waals surface area contributed by atoms with Crippen molar-refractivity contribution < 1.29 is 18.3 Å². The zero-order chi connectivity index (χ0) is 13.9. The molecule has 0 saturated heterocycles. The van der Waals surface area contributed by atoms with Crippen molar-refractivity contribution in [1.29, 1.82) is 0 Å². The highest BCUT2D eigenvalue weighted by Gasteiger charge is 2.26. The number of thiophene rings is 1. The number of carboxylic acids is 1. The predicted molar refractivity (Wildman–Crippen MR) is 70.4 cm³/mol. The van der Waals surface area contributed by atoms with Gasteiger partial charge in [-0.15, -0.1) is 11.3 Å². The molecule has 0 aliphatic heterocycles. The minimum absolute atomic E-state index is 0.0833. The van der Waals surface area contributed by atoms with Crippen molar-refractivity contribution in [2.24, 2.45) is 0 Å². The molecule has 1 aromatic heterocycles. The molecule has 1 aromatic rings. The maximum atomic E-state index is 12.2. The molecule has 0 radical (unpaired) electrons. The van der Waals surface area contributed by atoms with Gasteiger partial charge < -0.3 is 5.11 Å². The Morgan fingerprint density at radius 1 is 1.50 bits per heavy atom. The first-order valence-corrected chi connectivity index (χ1v) is 7.83. The topological polar surface area (TPSA) is 74.7 Å². The summed E-state index contributed by atoms with van der Waals surface area (Å²) in [4.78, 5) is 11.1. The van der Waals surface area contributed by atoms with E-state index in [0.717, 1.165) is 17.8 Å². The zero-order valence-corrected chi connectivity index (χ0v) is 12.2. The van der Waals surface area contributed by atoms with Gasteiger partial charge in [0.05, 0.1) is 6.42 Å². The fraction of sp³-hybridized carbons (Fsp3) is 0.545. The summed E-state index contributed by atoms with van der Waals surface area (Å²) in [5.74, 6) is -0.962. The van der Waals surface area contributed by atoms with Gasteiger partial charge in [-0.1, -0.05) is 6.92 Å². The van der Waals surface area contributed by atoms with Crippen LogP contribution in [0.1, 0.15) is 25.1 Å². The van der Waals surface area contributed by atoms with E-state index < -0.39 is 16.0 Å². The Hall–Kier alpha value is -0.920. The summed E-state index contributed by atoms with van der Waals surface area (Å²) >= 11 is 1.01. The van der Waals surface area contributed by atoms with Crippen LogP contribution in [0, 0.1) is 0 Å². The van der Waals surface area contributed by atoms with Crippen LogP contribution in [0.5, 0.6) is 0 Å². The molecule has 102 valence electrons. The van der Waals surface area contributed by atoms with E-state index in [9.17, 15) is 13.2 Å². The Morgan fingerprint density at radius 3 is 2.61 bits per heavy atom. The van der Waals surface area contributed by atoms with E-state index in [1.54, 1.807) is 13.1 Å². The molecule has 0 saturated carbocycles. The van der Waals surface area contributed by atoms with Crippen molar-refractivity contribution in [2.45, 2.75) is 36.9 Å². The normalized spacial score (nSPS) is 13.8. The van der Waals surface area contributed by atoms with Crippen molar-refractivity contribution in [2.75, 3.05) is 7.05 Å². The van der Waals surface area contributed by atoms with Gasteiger partial charge >= 0.3 is 5.97 Å². The summed E-state index contributed by atoms with van der Waals surface area (Å²) in [7, 11) is -1.96. The van der Waals surface area contributed by atoms with Gasteiger partial charge in [0.1, 0.15) is 4.21 Å². The molecule has 0 fully saturated rings. The lowest BCUT2D eigenvalue weighted by Crippen LogP contribution is -2.34. The SMILES string of the molecule is CCC(C)N(C)S(=O)(=O)c1ccc(CC(=O)O)s1. The fourth-order valence-electron chi connectivity index (χ4n) is 1.38. The molecule has 1 N–H and O–H groups in total. The van der Waals surface area contributed by atoms with Crippen molar-refractivity contribution in [3.8, 4) is 0 Å². The van der Waals surface area contributed by atoms with Crippen molar-refractivity contribution in [1.82, 2.24) is 4.31 Å². The van der Waals surface area contributed by atoms with Crippen LogP contribution in [0.4, 0.5) is 0 Å². The van der Waals surface area contributed by atoms with Crippen LogP contribution in [-0.4, -0.2) is 36.9 Å². The second kappa shape index (κ2) is 5.81.